The van der Waals surface area contributed by atoms with Crippen LogP contribution in [-0.4, -0.2) is 55.5 Å². The average Bonchev–Trinajstić information content (AvgIpc) is 2.67. The monoisotopic (exact) mass is 392 g/mol. The quantitative estimate of drug-likeness (QED) is 0.774. The largest absolute Gasteiger partial charge is 0.341 e. The molecular formula is C21H32N2O3S. The highest BCUT2D eigenvalue weighted by atomic mass is 32.2. The summed E-state index contributed by atoms with van der Waals surface area (Å²) in [6.45, 7) is 4.09. The van der Waals surface area contributed by atoms with Crippen LogP contribution in [0.2, 0.25) is 0 Å². The summed E-state index contributed by atoms with van der Waals surface area (Å²) in [6.07, 6.45) is 7.92. The summed E-state index contributed by atoms with van der Waals surface area (Å²) in [6, 6.07) is 8.24. The van der Waals surface area contributed by atoms with Crippen molar-refractivity contribution in [1.82, 2.24) is 9.21 Å². The molecule has 0 spiro atoms. The molecule has 2 heterocycles. The number of sulfonamides is 1. The standard InChI is InChI=1S/C21H32N2O3S/c1-17-6-8-18(9-7-17)10-11-19-12-15-22(16-13-19)21(24)20-5-3-4-14-23(20)27(2,25)26/h6-9,19-20H,3-5,10-16H2,1-2H3/t20-/m1/s1. The predicted molar refractivity (Wildman–Crippen MR) is 108 cm³/mol. The number of aryl methyl sites for hydroxylation is 2. The number of carbonyl (C=O) groups is 1. The molecule has 0 N–H and O–H groups in total. The van der Waals surface area contributed by atoms with Crippen molar-refractivity contribution in [3.8, 4) is 0 Å². The third-order valence-corrected chi connectivity index (χ3v) is 7.34. The highest BCUT2D eigenvalue weighted by molar-refractivity contribution is 7.88. The maximum atomic E-state index is 12.9. The van der Waals surface area contributed by atoms with Crippen LogP contribution in [0.25, 0.3) is 0 Å². The molecule has 2 aliphatic rings. The van der Waals surface area contributed by atoms with Crippen molar-refractivity contribution in [2.24, 2.45) is 5.92 Å². The summed E-state index contributed by atoms with van der Waals surface area (Å²) in [7, 11) is -3.33. The minimum absolute atomic E-state index is 0.0112. The molecule has 150 valence electrons. The average molecular weight is 393 g/mol. The summed E-state index contributed by atoms with van der Waals surface area (Å²) >= 11 is 0. The lowest BCUT2D eigenvalue weighted by Gasteiger charge is -2.39. The van der Waals surface area contributed by atoms with E-state index in [-0.39, 0.29) is 5.91 Å². The molecule has 2 fully saturated rings. The van der Waals surface area contributed by atoms with Crippen LogP contribution in [0.5, 0.6) is 0 Å². The Labute approximate surface area is 163 Å². The first kappa shape index (κ1) is 20.3. The van der Waals surface area contributed by atoms with Gasteiger partial charge >= 0.3 is 0 Å². The zero-order valence-electron chi connectivity index (χ0n) is 16.6. The van der Waals surface area contributed by atoms with Crippen molar-refractivity contribution in [2.75, 3.05) is 25.9 Å². The van der Waals surface area contributed by atoms with Gasteiger partial charge in [0, 0.05) is 19.6 Å². The highest BCUT2D eigenvalue weighted by Gasteiger charge is 2.37. The molecule has 2 saturated heterocycles. The minimum atomic E-state index is -3.33. The van der Waals surface area contributed by atoms with E-state index in [4.69, 9.17) is 0 Å². The molecule has 2 aliphatic heterocycles. The summed E-state index contributed by atoms with van der Waals surface area (Å²) < 4.78 is 25.5. The summed E-state index contributed by atoms with van der Waals surface area (Å²) in [4.78, 5) is 14.8. The molecule has 6 heteroatoms. The molecule has 0 radical (unpaired) electrons. The smallest absolute Gasteiger partial charge is 0.241 e. The van der Waals surface area contributed by atoms with Crippen LogP contribution in [-0.2, 0) is 21.2 Å². The molecule has 5 nitrogen and oxygen atoms in total. The highest BCUT2D eigenvalue weighted by Crippen LogP contribution is 2.26. The van der Waals surface area contributed by atoms with Crippen molar-refractivity contribution >= 4 is 15.9 Å². The van der Waals surface area contributed by atoms with Crippen LogP contribution in [0.3, 0.4) is 0 Å². The van der Waals surface area contributed by atoms with Gasteiger partial charge in [0.15, 0.2) is 0 Å². The first-order valence-corrected chi connectivity index (χ1v) is 12.0. The molecule has 1 aromatic rings. The lowest BCUT2D eigenvalue weighted by molar-refractivity contribution is -0.137. The molecule has 0 unspecified atom stereocenters. The van der Waals surface area contributed by atoms with Crippen molar-refractivity contribution < 1.29 is 13.2 Å². The van der Waals surface area contributed by atoms with Gasteiger partial charge in [0.2, 0.25) is 15.9 Å². The number of carbonyl (C=O) groups excluding carboxylic acids is 1. The van der Waals surface area contributed by atoms with Gasteiger partial charge in [-0.15, -0.1) is 0 Å². The van der Waals surface area contributed by atoms with Crippen LogP contribution in [0, 0.1) is 12.8 Å². The number of amides is 1. The van der Waals surface area contributed by atoms with Gasteiger partial charge in [-0.3, -0.25) is 4.79 Å². The lowest BCUT2D eigenvalue weighted by Crippen LogP contribution is -2.54. The van der Waals surface area contributed by atoms with E-state index in [1.807, 2.05) is 4.90 Å². The van der Waals surface area contributed by atoms with E-state index in [1.165, 1.54) is 21.7 Å². The van der Waals surface area contributed by atoms with Gasteiger partial charge < -0.3 is 4.90 Å². The van der Waals surface area contributed by atoms with Crippen molar-refractivity contribution in [1.29, 1.82) is 0 Å². The van der Waals surface area contributed by atoms with Crippen LogP contribution in [0.15, 0.2) is 24.3 Å². The second-order valence-corrected chi connectivity index (χ2v) is 10.1. The fraction of sp³-hybridized carbons (Fsp3) is 0.667. The van der Waals surface area contributed by atoms with E-state index >= 15 is 0 Å². The Balaban J connectivity index is 1.50. The van der Waals surface area contributed by atoms with E-state index in [1.54, 1.807) is 0 Å². The van der Waals surface area contributed by atoms with E-state index < -0.39 is 16.1 Å². The van der Waals surface area contributed by atoms with Gasteiger partial charge in [0.1, 0.15) is 6.04 Å². The van der Waals surface area contributed by atoms with Crippen molar-refractivity contribution in [3.05, 3.63) is 35.4 Å². The number of benzene rings is 1. The van der Waals surface area contributed by atoms with E-state index in [2.05, 4.69) is 31.2 Å². The van der Waals surface area contributed by atoms with Gasteiger partial charge in [0.05, 0.1) is 6.26 Å². The molecule has 0 aromatic heterocycles. The van der Waals surface area contributed by atoms with Crippen LogP contribution in [0.4, 0.5) is 0 Å². The zero-order chi connectivity index (χ0) is 19.4. The first-order chi connectivity index (χ1) is 12.8. The topological polar surface area (TPSA) is 57.7 Å². The molecule has 1 atom stereocenters. The number of hydrogen-bond acceptors (Lipinski definition) is 3. The number of hydrogen-bond donors (Lipinski definition) is 0. The Hall–Kier alpha value is -1.40. The van der Waals surface area contributed by atoms with E-state index in [0.717, 1.165) is 51.6 Å². The minimum Gasteiger partial charge on any atom is -0.341 e. The van der Waals surface area contributed by atoms with Gasteiger partial charge in [-0.05, 0) is 56.9 Å². The van der Waals surface area contributed by atoms with Crippen LogP contribution in [0.1, 0.15) is 49.7 Å². The number of likely N-dealkylation sites (tertiary alicyclic amines) is 1. The summed E-state index contributed by atoms with van der Waals surface area (Å²) in [5.74, 6) is 0.657. The zero-order valence-corrected chi connectivity index (χ0v) is 17.4. The number of piperidine rings is 2. The maximum absolute atomic E-state index is 12.9. The van der Waals surface area contributed by atoms with Gasteiger partial charge in [-0.25, -0.2) is 8.42 Å². The Morgan fingerprint density at radius 2 is 1.70 bits per heavy atom. The Morgan fingerprint density at radius 1 is 1.04 bits per heavy atom. The van der Waals surface area contributed by atoms with Crippen molar-refractivity contribution in [2.45, 2.75) is 57.9 Å². The Morgan fingerprint density at radius 3 is 2.33 bits per heavy atom. The molecule has 1 amide bonds. The molecule has 27 heavy (non-hydrogen) atoms. The SMILES string of the molecule is Cc1ccc(CCC2CCN(C(=O)[C@H]3CCCCN3S(C)(=O)=O)CC2)cc1. The molecule has 3 rings (SSSR count). The van der Waals surface area contributed by atoms with E-state index in [0.29, 0.717) is 18.9 Å². The molecule has 0 aliphatic carbocycles. The van der Waals surface area contributed by atoms with E-state index in [9.17, 15) is 13.2 Å². The number of rotatable bonds is 5. The number of nitrogens with zero attached hydrogens (tertiary/aromatic N) is 2. The third-order valence-electron chi connectivity index (χ3n) is 6.05. The van der Waals surface area contributed by atoms with Gasteiger partial charge in [0.25, 0.3) is 0 Å². The van der Waals surface area contributed by atoms with Gasteiger partial charge in [-0.2, -0.15) is 4.31 Å². The molecule has 0 bridgehead atoms. The predicted octanol–water partition coefficient (Wildman–Crippen LogP) is 2.98. The maximum Gasteiger partial charge on any atom is 0.241 e. The van der Waals surface area contributed by atoms with Crippen LogP contribution < -0.4 is 0 Å². The fourth-order valence-corrected chi connectivity index (χ4v) is 5.45. The Kier molecular flexibility index (Phi) is 6.58. The third kappa shape index (κ3) is 5.32. The lowest BCUT2D eigenvalue weighted by atomic mass is 9.90. The second-order valence-electron chi connectivity index (χ2n) is 8.18. The molecule has 1 aromatic carbocycles. The van der Waals surface area contributed by atoms with Crippen molar-refractivity contribution in [3.63, 3.8) is 0 Å². The molecular weight excluding hydrogens is 360 g/mol. The Bertz CT molecular complexity index is 737. The normalized spacial score (nSPS) is 22.7. The fourth-order valence-electron chi connectivity index (χ4n) is 4.33. The summed E-state index contributed by atoms with van der Waals surface area (Å²) in [5, 5.41) is 0. The van der Waals surface area contributed by atoms with Crippen LogP contribution >= 0.6 is 0 Å². The van der Waals surface area contributed by atoms with Gasteiger partial charge in [-0.1, -0.05) is 36.2 Å². The first-order valence-electron chi connectivity index (χ1n) is 10.2. The molecule has 0 saturated carbocycles. The summed E-state index contributed by atoms with van der Waals surface area (Å²) in [5.41, 5.74) is 2.67. The second kappa shape index (κ2) is 8.74.